The molecule has 2 aromatic heterocycles. The number of nitrogens with zero attached hydrogens (tertiary/aromatic N) is 2. The molecule has 0 aromatic carbocycles. The van der Waals surface area contributed by atoms with Crippen molar-refractivity contribution in [1.29, 1.82) is 0 Å². The fraction of sp³-hybridized carbons (Fsp3) is 0.0909. The van der Waals surface area contributed by atoms with Gasteiger partial charge in [0.25, 0.3) is 5.56 Å². The second kappa shape index (κ2) is 3.10. The minimum atomic E-state index is -0.0226. The molecule has 3 nitrogen and oxygen atoms in total. The van der Waals surface area contributed by atoms with Gasteiger partial charge in [-0.25, -0.2) is 4.98 Å². The summed E-state index contributed by atoms with van der Waals surface area (Å²) in [5.41, 5.74) is 2.23. The van der Waals surface area contributed by atoms with E-state index in [1.54, 1.807) is 25.4 Å². The standard InChI is InChI=1S/C11H10N2O/c1-3-9-4-5-13-10(6-9)12-7-8(2)11(13)14/h3-7H,1H2,2H3. The summed E-state index contributed by atoms with van der Waals surface area (Å²) in [6, 6.07) is 3.66. The molecule has 0 radical (unpaired) electrons. The van der Waals surface area contributed by atoms with E-state index >= 15 is 0 Å². The maximum Gasteiger partial charge on any atom is 0.260 e. The molecule has 0 aliphatic carbocycles. The van der Waals surface area contributed by atoms with Gasteiger partial charge >= 0.3 is 0 Å². The third kappa shape index (κ3) is 1.23. The molecule has 0 N–H and O–H groups in total. The molecule has 0 atom stereocenters. The maximum absolute atomic E-state index is 11.6. The van der Waals surface area contributed by atoms with Crippen LogP contribution in [0.15, 0.2) is 35.9 Å². The number of pyridine rings is 1. The van der Waals surface area contributed by atoms with Crippen molar-refractivity contribution in [3.63, 3.8) is 0 Å². The van der Waals surface area contributed by atoms with E-state index in [2.05, 4.69) is 11.6 Å². The Morgan fingerprint density at radius 3 is 3.07 bits per heavy atom. The molecular formula is C11H10N2O. The zero-order valence-corrected chi connectivity index (χ0v) is 7.90. The predicted octanol–water partition coefficient (Wildman–Crippen LogP) is 1.65. The quantitative estimate of drug-likeness (QED) is 0.678. The number of rotatable bonds is 1. The molecule has 0 saturated carbocycles. The van der Waals surface area contributed by atoms with Gasteiger partial charge in [0.05, 0.1) is 0 Å². The molecule has 0 spiro atoms. The van der Waals surface area contributed by atoms with Crippen LogP contribution in [0.3, 0.4) is 0 Å². The van der Waals surface area contributed by atoms with Gasteiger partial charge in [0.2, 0.25) is 0 Å². The highest BCUT2D eigenvalue weighted by Crippen LogP contribution is 2.04. The Kier molecular flexibility index (Phi) is 1.93. The molecule has 0 unspecified atom stereocenters. The van der Waals surface area contributed by atoms with Crippen LogP contribution in [-0.4, -0.2) is 9.38 Å². The molecule has 14 heavy (non-hydrogen) atoms. The highest BCUT2D eigenvalue weighted by atomic mass is 16.1. The van der Waals surface area contributed by atoms with E-state index in [0.29, 0.717) is 11.2 Å². The van der Waals surface area contributed by atoms with Gasteiger partial charge in [-0.15, -0.1) is 0 Å². The fourth-order valence-corrected chi connectivity index (χ4v) is 1.31. The van der Waals surface area contributed by atoms with E-state index in [0.717, 1.165) is 5.56 Å². The Bertz CT molecular complexity index is 555. The molecule has 0 aliphatic heterocycles. The van der Waals surface area contributed by atoms with E-state index in [1.807, 2.05) is 12.1 Å². The lowest BCUT2D eigenvalue weighted by Crippen LogP contribution is -2.16. The highest BCUT2D eigenvalue weighted by Gasteiger charge is 1.99. The summed E-state index contributed by atoms with van der Waals surface area (Å²) in [6.45, 7) is 5.42. The van der Waals surface area contributed by atoms with Crippen LogP contribution in [0.25, 0.3) is 11.7 Å². The van der Waals surface area contributed by atoms with Gasteiger partial charge in [-0.3, -0.25) is 9.20 Å². The van der Waals surface area contributed by atoms with Gasteiger partial charge in [-0.2, -0.15) is 0 Å². The van der Waals surface area contributed by atoms with Crippen molar-refractivity contribution in [2.24, 2.45) is 0 Å². The van der Waals surface area contributed by atoms with Crippen molar-refractivity contribution < 1.29 is 0 Å². The lowest BCUT2D eigenvalue weighted by atomic mass is 10.2. The van der Waals surface area contributed by atoms with Crippen molar-refractivity contribution >= 4 is 11.7 Å². The Morgan fingerprint density at radius 1 is 1.57 bits per heavy atom. The average Bonchev–Trinajstić information content (AvgIpc) is 2.23. The summed E-state index contributed by atoms with van der Waals surface area (Å²) in [5.74, 6) is 0. The Morgan fingerprint density at radius 2 is 2.36 bits per heavy atom. The number of fused-ring (bicyclic) bond motifs is 1. The van der Waals surface area contributed by atoms with Crippen molar-refractivity contribution in [2.75, 3.05) is 0 Å². The van der Waals surface area contributed by atoms with Crippen LogP contribution in [-0.2, 0) is 0 Å². The minimum absolute atomic E-state index is 0.0226. The lowest BCUT2D eigenvalue weighted by molar-refractivity contribution is 1.01. The molecule has 3 heteroatoms. The second-order valence-corrected chi connectivity index (χ2v) is 3.14. The molecule has 2 heterocycles. The van der Waals surface area contributed by atoms with Crippen LogP contribution in [0.5, 0.6) is 0 Å². The molecule has 0 saturated heterocycles. The first kappa shape index (κ1) is 8.69. The highest BCUT2D eigenvalue weighted by molar-refractivity contribution is 5.53. The summed E-state index contributed by atoms with van der Waals surface area (Å²) in [7, 11) is 0. The van der Waals surface area contributed by atoms with Crippen molar-refractivity contribution in [3.8, 4) is 0 Å². The molecule has 2 rings (SSSR count). The smallest absolute Gasteiger partial charge is 0.260 e. The van der Waals surface area contributed by atoms with Gasteiger partial charge in [0, 0.05) is 18.0 Å². The maximum atomic E-state index is 11.6. The largest absolute Gasteiger partial charge is 0.269 e. The molecule has 0 fully saturated rings. The third-order valence-corrected chi connectivity index (χ3v) is 2.14. The molecule has 0 bridgehead atoms. The Labute approximate surface area is 81.3 Å². The Hall–Kier alpha value is -1.90. The summed E-state index contributed by atoms with van der Waals surface area (Å²) in [5, 5.41) is 0. The summed E-state index contributed by atoms with van der Waals surface area (Å²) >= 11 is 0. The third-order valence-electron chi connectivity index (χ3n) is 2.14. The topological polar surface area (TPSA) is 34.4 Å². The molecule has 0 amide bonds. The van der Waals surface area contributed by atoms with Crippen LogP contribution in [0.1, 0.15) is 11.1 Å². The van der Waals surface area contributed by atoms with E-state index < -0.39 is 0 Å². The molecule has 2 aromatic rings. The fourth-order valence-electron chi connectivity index (χ4n) is 1.31. The van der Waals surface area contributed by atoms with Gasteiger partial charge < -0.3 is 0 Å². The van der Waals surface area contributed by atoms with Crippen LogP contribution in [0.2, 0.25) is 0 Å². The minimum Gasteiger partial charge on any atom is -0.269 e. The van der Waals surface area contributed by atoms with Crippen molar-refractivity contribution in [3.05, 3.63) is 52.6 Å². The summed E-state index contributed by atoms with van der Waals surface area (Å²) < 4.78 is 1.53. The van der Waals surface area contributed by atoms with E-state index in [-0.39, 0.29) is 5.56 Å². The monoisotopic (exact) mass is 186 g/mol. The van der Waals surface area contributed by atoms with E-state index in [9.17, 15) is 4.79 Å². The van der Waals surface area contributed by atoms with Crippen LogP contribution in [0, 0.1) is 6.92 Å². The van der Waals surface area contributed by atoms with Gasteiger partial charge in [0.15, 0.2) is 0 Å². The van der Waals surface area contributed by atoms with Crippen molar-refractivity contribution in [1.82, 2.24) is 9.38 Å². The van der Waals surface area contributed by atoms with Gasteiger partial charge in [-0.1, -0.05) is 12.7 Å². The summed E-state index contributed by atoms with van der Waals surface area (Å²) in [4.78, 5) is 15.8. The van der Waals surface area contributed by atoms with Crippen LogP contribution >= 0.6 is 0 Å². The molecule has 0 aliphatic rings. The number of aryl methyl sites for hydroxylation is 1. The van der Waals surface area contributed by atoms with E-state index in [4.69, 9.17) is 0 Å². The lowest BCUT2D eigenvalue weighted by Gasteiger charge is -2.01. The Balaban J connectivity index is 2.88. The normalized spacial score (nSPS) is 10.4. The molecular weight excluding hydrogens is 176 g/mol. The van der Waals surface area contributed by atoms with Crippen molar-refractivity contribution in [2.45, 2.75) is 6.92 Å². The predicted molar refractivity (Wildman–Crippen MR) is 56.3 cm³/mol. The average molecular weight is 186 g/mol. The zero-order valence-electron chi connectivity index (χ0n) is 7.90. The van der Waals surface area contributed by atoms with E-state index in [1.165, 1.54) is 4.40 Å². The van der Waals surface area contributed by atoms with Crippen LogP contribution in [0.4, 0.5) is 0 Å². The second-order valence-electron chi connectivity index (χ2n) is 3.14. The number of hydrogen-bond donors (Lipinski definition) is 0. The van der Waals surface area contributed by atoms with Crippen LogP contribution < -0.4 is 5.56 Å². The van der Waals surface area contributed by atoms with Gasteiger partial charge in [-0.05, 0) is 24.6 Å². The SMILES string of the molecule is C=Cc1ccn2c(=O)c(C)cnc2c1. The number of aromatic nitrogens is 2. The first-order chi connectivity index (χ1) is 6.72. The first-order valence-corrected chi connectivity index (χ1v) is 4.33. The van der Waals surface area contributed by atoms with Gasteiger partial charge in [0.1, 0.15) is 5.65 Å². The molecule has 70 valence electrons. The summed E-state index contributed by atoms with van der Waals surface area (Å²) in [6.07, 6.45) is 5.03. The zero-order chi connectivity index (χ0) is 10.1. The number of hydrogen-bond acceptors (Lipinski definition) is 2. The first-order valence-electron chi connectivity index (χ1n) is 4.33.